The molecule has 0 fully saturated rings. The molecule has 5 nitrogen and oxygen atoms in total. The number of hydrogen-bond acceptors (Lipinski definition) is 5. The predicted octanol–water partition coefficient (Wildman–Crippen LogP) is 2.63. The summed E-state index contributed by atoms with van der Waals surface area (Å²) in [4.78, 5) is 11.0. The maximum absolute atomic E-state index is 5.93. The van der Waals surface area contributed by atoms with Crippen molar-refractivity contribution in [2.45, 2.75) is 46.6 Å². The van der Waals surface area contributed by atoms with Gasteiger partial charge in [-0.2, -0.15) is 4.98 Å². The molecule has 114 valence electrons. The molecular weight excluding hydrogens is 252 g/mol. The Bertz CT molecular complexity index is 444. The second-order valence-electron chi connectivity index (χ2n) is 5.97. The van der Waals surface area contributed by atoms with E-state index < -0.39 is 0 Å². The molecule has 0 aliphatic rings. The van der Waals surface area contributed by atoms with Crippen LogP contribution in [0.2, 0.25) is 0 Å². The monoisotopic (exact) mass is 280 g/mol. The largest absolute Gasteiger partial charge is 0.475 e. The number of aromatic nitrogens is 2. The van der Waals surface area contributed by atoms with Gasteiger partial charge in [-0.25, -0.2) is 4.98 Å². The SMILES string of the molecule is CCCNc1nc(C)nc(OCC(C)(C)N(C)C)c1C. The lowest BCUT2D eigenvalue weighted by Gasteiger charge is -2.32. The number of nitrogens with zero attached hydrogens (tertiary/aromatic N) is 3. The zero-order valence-corrected chi connectivity index (χ0v) is 13.9. The first-order valence-corrected chi connectivity index (χ1v) is 7.17. The van der Waals surface area contributed by atoms with Crippen molar-refractivity contribution in [2.24, 2.45) is 0 Å². The topological polar surface area (TPSA) is 50.3 Å². The molecule has 0 aliphatic carbocycles. The number of hydrogen-bond donors (Lipinski definition) is 1. The summed E-state index contributed by atoms with van der Waals surface area (Å²) in [5.74, 6) is 2.27. The fraction of sp³-hybridized carbons (Fsp3) is 0.733. The number of aryl methyl sites for hydroxylation is 1. The van der Waals surface area contributed by atoms with Crippen LogP contribution in [0, 0.1) is 13.8 Å². The van der Waals surface area contributed by atoms with E-state index in [-0.39, 0.29) is 5.54 Å². The highest BCUT2D eigenvalue weighted by Crippen LogP contribution is 2.23. The molecular formula is C15H28N4O. The molecule has 0 aliphatic heterocycles. The van der Waals surface area contributed by atoms with Crippen molar-refractivity contribution >= 4 is 5.82 Å². The fourth-order valence-corrected chi connectivity index (χ4v) is 1.53. The molecule has 20 heavy (non-hydrogen) atoms. The van der Waals surface area contributed by atoms with Crippen molar-refractivity contribution in [1.29, 1.82) is 0 Å². The van der Waals surface area contributed by atoms with Gasteiger partial charge in [0.25, 0.3) is 0 Å². The van der Waals surface area contributed by atoms with Gasteiger partial charge in [0.1, 0.15) is 18.2 Å². The Kier molecular flexibility index (Phi) is 5.74. The van der Waals surface area contributed by atoms with Gasteiger partial charge in [0.05, 0.1) is 5.56 Å². The molecule has 1 heterocycles. The third-order valence-electron chi connectivity index (χ3n) is 3.53. The first-order chi connectivity index (χ1) is 9.27. The normalized spacial score (nSPS) is 11.8. The molecule has 0 radical (unpaired) electrons. The van der Waals surface area contributed by atoms with Gasteiger partial charge in [-0.05, 0) is 48.2 Å². The number of rotatable bonds is 7. The highest BCUT2D eigenvalue weighted by molar-refractivity contribution is 5.48. The average Bonchev–Trinajstić information content (AvgIpc) is 2.37. The van der Waals surface area contributed by atoms with Crippen LogP contribution in [0.3, 0.4) is 0 Å². The van der Waals surface area contributed by atoms with E-state index >= 15 is 0 Å². The maximum Gasteiger partial charge on any atom is 0.221 e. The molecule has 0 aromatic carbocycles. The summed E-state index contributed by atoms with van der Waals surface area (Å²) in [5.41, 5.74) is 0.932. The van der Waals surface area contributed by atoms with Crippen LogP contribution < -0.4 is 10.1 Å². The molecule has 1 aromatic heterocycles. The lowest BCUT2D eigenvalue weighted by molar-refractivity contribution is 0.110. The molecule has 5 heteroatoms. The van der Waals surface area contributed by atoms with Gasteiger partial charge in [-0.15, -0.1) is 0 Å². The van der Waals surface area contributed by atoms with Crippen LogP contribution in [0.4, 0.5) is 5.82 Å². The summed E-state index contributed by atoms with van der Waals surface area (Å²) in [6, 6.07) is 0. The van der Waals surface area contributed by atoms with Gasteiger partial charge < -0.3 is 15.0 Å². The van der Waals surface area contributed by atoms with Gasteiger partial charge in [0.2, 0.25) is 5.88 Å². The molecule has 0 saturated heterocycles. The van der Waals surface area contributed by atoms with Gasteiger partial charge >= 0.3 is 0 Å². The minimum Gasteiger partial charge on any atom is -0.475 e. The summed E-state index contributed by atoms with van der Waals surface area (Å²) in [5, 5.41) is 3.32. The minimum atomic E-state index is -0.0394. The predicted molar refractivity (Wildman–Crippen MR) is 83.5 cm³/mol. The molecule has 0 atom stereocenters. The standard InChI is InChI=1S/C15H28N4O/c1-8-9-16-13-11(2)14(18-12(3)17-13)20-10-15(4,5)19(6)7/h8-10H2,1-7H3,(H,16,17,18). The second kappa shape index (κ2) is 6.88. The fourth-order valence-electron chi connectivity index (χ4n) is 1.53. The van der Waals surface area contributed by atoms with Crippen LogP contribution in [0.25, 0.3) is 0 Å². The Morgan fingerprint density at radius 1 is 1.20 bits per heavy atom. The zero-order valence-electron chi connectivity index (χ0n) is 13.9. The van der Waals surface area contributed by atoms with E-state index in [1.165, 1.54) is 0 Å². The molecule has 0 spiro atoms. The maximum atomic E-state index is 5.93. The van der Waals surface area contributed by atoms with Crippen molar-refractivity contribution in [3.05, 3.63) is 11.4 Å². The van der Waals surface area contributed by atoms with E-state index in [0.29, 0.717) is 12.5 Å². The van der Waals surface area contributed by atoms with Crippen LogP contribution >= 0.6 is 0 Å². The molecule has 0 bridgehead atoms. The molecule has 1 N–H and O–H groups in total. The Labute approximate surface area is 122 Å². The molecule has 0 amide bonds. The van der Waals surface area contributed by atoms with Gasteiger partial charge in [0, 0.05) is 12.1 Å². The number of ether oxygens (including phenoxy) is 1. The first kappa shape index (κ1) is 16.7. The molecule has 1 aromatic rings. The molecule has 0 saturated carbocycles. The highest BCUT2D eigenvalue weighted by Gasteiger charge is 2.22. The van der Waals surface area contributed by atoms with Gasteiger partial charge in [-0.1, -0.05) is 6.92 Å². The van der Waals surface area contributed by atoms with E-state index in [0.717, 1.165) is 30.2 Å². The van der Waals surface area contributed by atoms with Crippen molar-refractivity contribution in [3.63, 3.8) is 0 Å². The summed E-state index contributed by atoms with van der Waals surface area (Å²) in [6.45, 7) is 11.8. The van der Waals surface area contributed by atoms with Crippen molar-refractivity contribution < 1.29 is 4.74 Å². The van der Waals surface area contributed by atoms with Crippen LogP contribution in [0.15, 0.2) is 0 Å². The summed E-state index contributed by atoms with van der Waals surface area (Å²) in [7, 11) is 4.10. The van der Waals surface area contributed by atoms with Crippen molar-refractivity contribution in [2.75, 3.05) is 32.6 Å². The van der Waals surface area contributed by atoms with E-state index in [2.05, 4.69) is 55.1 Å². The first-order valence-electron chi connectivity index (χ1n) is 7.17. The third kappa shape index (κ3) is 4.34. The van der Waals surface area contributed by atoms with Crippen molar-refractivity contribution in [1.82, 2.24) is 14.9 Å². The Balaban J connectivity index is 2.87. The van der Waals surface area contributed by atoms with Crippen molar-refractivity contribution in [3.8, 4) is 5.88 Å². The summed E-state index contributed by atoms with van der Waals surface area (Å²) < 4.78 is 5.93. The lowest BCUT2D eigenvalue weighted by Crippen LogP contribution is -2.43. The Morgan fingerprint density at radius 3 is 2.40 bits per heavy atom. The average molecular weight is 280 g/mol. The second-order valence-corrected chi connectivity index (χ2v) is 5.97. The zero-order chi connectivity index (χ0) is 15.3. The number of anilines is 1. The van der Waals surface area contributed by atoms with Gasteiger partial charge in [-0.3, -0.25) is 0 Å². The van der Waals surface area contributed by atoms with Crippen LogP contribution in [-0.4, -0.2) is 47.7 Å². The number of nitrogens with one attached hydrogen (secondary N) is 1. The summed E-state index contributed by atoms with van der Waals surface area (Å²) >= 11 is 0. The van der Waals surface area contributed by atoms with E-state index in [1.807, 2.05) is 13.8 Å². The van der Waals surface area contributed by atoms with Gasteiger partial charge in [0.15, 0.2) is 0 Å². The Hall–Kier alpha value is -1.36. The minimum absolute atomic E-state index is 0.0394. The number of likely N-dealkylation sites (N-methyl/N-ethyl adjacent to an activating group) is 1. The molecule has 0 unspecified atom stereocenters. The van der Waals surface area contributed by atoms with E-state index in [1.54, 1.807) is 0 Å². The molecule has 1 rings (SSSR count). The lowest BCUT2D eigenvalue weighted by atomic mass is 10.1. The third-order valence-corrected chi connectivity index (χ3v) is 3.53. The highest BCUT2D eigenvalue weighted by atomic mass is 16.5. The van der Waals surface area contributed by atoms with Crippen LogP contribution in [-0.2, 0) is 0 Å². The van der Waals surface area contributed by atoms with E-state index in [4.69, 9.17) is 4.74 Å². The smallest absolute Gasteiger partial charge is 0.221 e. The van der Waals surface area contributed by atoms with E-state index in [9.17, 15) is 0 Å². The van der Waals surface area contributed by atoms with Crippen LogP contribution in [0.1, 0.15) is 38.6 Å². The quantitative estimate of drug-likeness (QED) is 0.832. The Morgan fingerprint density at radius 2 is 1.85 bits per heavy atom. The van der Waals surface area contributed by atoms with Crippen LogP contribution in [0.5, 0.6) is 5.88 Å². The summed E-state index contributed by atoms with van der Waals surface area (Å²) in [6.07, 6.45) is 1.06.